The third kappa shape index (κ3) is 5.07. The molecule has 2 fully saturated rings. The average Bonchev–Trinajstić information content (AvgIpc) is 2.92. The summed E-state index contributed by atoms with van der Waals surface area (Å²) >= 11 is 0. The van der Waals surface area contributed by atoms with Crippen LogP contribution in [0.4, 0.5) is 5.69 Å². The standard InChI is InChI=1S/C18H27N3O2.HI/c1-13-6-8-18(9-7-13)22-12-16(23-18)11-20-17(19)21-15-5-3-4-14(2)10-15;/h3-5,10,13,16H,6-9,11-12H2,1-2H3,(H3,19,20,21);1H. The number of aliphatic imine (C=N–C) groups is 1. The Labute approximate surface area is 161 Å². The van der Waals surface area contributed by atoms with Crippen molar-refractivity contribution >= 4 is 35.6 Å². The van der Waals surface area contributed by atoms with E-state index in [9.17, 15) is 0 Å². The molecule has 1 aromatic rings. The summed E-state index contributed by atoms with van der Waals surface area (Å²) in [5.41, 5.74) is 8.10. The Morgan fingerprint density at radius 3 is 2.83 bits per heavy atom. The molecule has 6 heteroatoms. The first-order valence-electron chi connectivity index (χ1n) is 8.50. The van der Waals surface area contributed by atoms with E-state index in [0.29, 0.717) is 19.1 Å². The first-order valence-corrected chi connectivity index (χ1v) is 8.50. The van der Waals surface area contributed by atoms with E-state index < -0.39 is 0 Å². The molecular formula is C18H28IN3O2. The molecule has 0 amide bonds. The van der Waals surface area contributed by atoms with E-state index >= 15 is 0 Å². The Hall–Kier alpha value is -0.860. The Morgan fingerprint density at radius 1 is 1.38 bits per heavy atom. The number of aryl methyl sites for hydroxylation is 1. The predicted molar refractivity (Wildman–Crippen MR) is 108 cm³/mol. The highest BCUT2D eigenvalue weighted by Gasteiger charge is 2.43. The second-order valence-electron chi connectivity index (χ2n) is 6.86. The van der Waals surface area contributed by atoms with Crippen molar-refractivity contribution < 1.29 is 9.47 Å². The van der Waals surface area contributed by atoms with Crippen LogP contribution in [0.15, 0.2) is 29.3 Å². The van der Waals surface area contributed by atoms with Gasteiger partial charge in [0.1, 0.15) is 6.10 Å². The largest absolute Gasteiger partial charge is 0.370 e. The molecule has 1 aromatic carbocycles. The molecule has 0 aromatic heterocycles. The fourth-order valence-corrected chi connectivity index (χ4v) is 3.28. The molecule has 5 nitrogen and oxygen atoms in total. The van der Waals surface area contributed by atoms with Gasteiger partial charge in [0.2, 0.25) is 0 Å². The summed E-state index contributed by atoms with van der Waals surface area (Å²) < 4.78 is 12.1. The highest BCUT2D eigenvalue weighted by atomic mass is 127. The number of hydrogen-bond donors (Lipinski definition) is 2. The van der Waals surface area contributed by atoms with Crippen LogP contribution in [-0.2, 0) is 9.47 Å². The second kappa shape index (κ2) is 8.49. The monoisotopic (exact) mass is 445 g/mol. The van der Waals surface area contributed by atoms with Crippen LogP contribution in [0.5, 0.6) is 0 Å². The lowest BCUT2D eigenvalue weighted by atomic mass is 9.86. The van der Waals surface area contributed by atoms with E-state index in [-0.39, 0.29) is 35.9 Å². The van der Waals surface area contributed by atoms with E-state index in [4.69, 9.17) is 15.2 Å². The lowest BCUT2D eigenvalue weighted by Gasteiger charge is -2.34. The van der Waals surface area contributed by atoms with Crippen LogP contribution >= 0.6 is 24.0 Å². The summed E-state index contributed by atoms with van der Waals surface area (Å²) in [7, 11) is 0. The van der Waals surface area contributed by atoms with Gasteiger partial charge in [0, 0.05) is 18.5 Å². The van der Waals surface area contributed by atoms with Crippen molar-refractivity contribution in [3.8, 4) is 0 Å². The molecule has 24 heavy (non-hydrogen) atoms. The lowest BCUT2D eigenvalue weighted by Crippen LogP contribution is -2.35. The molecule has 0 bridgehead atoms. The number of benzene rings is 1. The van der Waals surface area contributed by atoms with Gasteiger partial charge in [-0.3, -0.25) is 4.99 Å². The van der Waals surface area contributed by atoms with Gasteiger partial charge in [0.25, 0.3) is 0 Å². The minimum Gasteiger partial charge on any atom is -0.370 e. The molecule has 0 radical (unpaired) electrons. The number of nitrogens with zero attached hydrogens (tertiary/aromatic N) is 1. The maximum Gasteiger partial charge on any atom is 0.193 e. The zero-order valence-corrected chi connectivity index (χ0v) is 16.8. The molecule has 1 spiro atoms. The van der Waals surface area contributed by atoms with Crippen molar-refractivity contribution in [2.45, 2.75) is 51.4 Å². The maximum atomic E-state index is 6.15. The van der Waals surface area contributed by atoms with E-state index in [2.05, 4.69) is 17.2 Å². The molecule has 1 saturated carbocycles. The van der Waals surface area contributed by atoms with E-state index in [1.54, 1.807) is 0 Å². The van der Waals surface area contributed by atoms with Gasteiger partial charge in [0.15, 0.2) is 11.7 Å². The minimum atomic E-state index is -0.356. The zero-order valence-electron chi connectivity index (χ0n) is 14.5. The summed E-state index contributed by atoms with van der Waals surface area (Å²) in [4.78, 5) is 4.40. The van der Waals surface area contributed by atoms with Gasteiger partial charge in [-0.15, -0.1) is 24.0 Å². The summed E-state index contributed by atoms with van der Waals surface area (Å²) in [6, 6.07) is 8.05. The number of nitrogens with two attached hydrogens (primary N) is 1. The van der Waals surface area contributed by atoms with Gasteiger partial charge in [-0.25, -0.2) is 0 Å². The molecule has 1 heterocycles. The number of ether oxygens (including phenoxy) is 2. The summed E-state index contributed by atoms with van der Waals surface area (Å²) in [6.45, 7) is 5.48. The number of nitrogens with one attached hydrogen (secondary N) is 1. The van der Waals surface area contributed by atoms with Crippen LogP contribution in [0.2, 0.25) is 0 Å². The van der Waals surface area contributed by atoms with Gasteiger partial charge in [-0.05, 0) is 43.4 Å². The van der Waals surface area contributed by atoms with Crippen LogP contribution in [-0.4, -0.2) is 31.0 Å². The lowest BCUT2D eigenvalue weighted by molar-refractivity contribution is -0.190. The first-order chi connectivity index (χ1) is 11.0. The van der Waals surface area contributed by atoms with Crippen molar-refractivity contribution in [2.75, 3.05) is 18.5 Å². The third-order valence-electron chi connectivity index (χ3n) is 4.71. The topological polar surface area (TPSA) is 68.9 Å². The minimum absolute atomic E-state index is 0. The van der Waals surface area contributed by atoms with Crippen molar-refractivity contribution in [1.82, 2.24) is 0 Å². The second-order valence-corrected chi connectivity index (χ2v) is 6.86. The zero-order chi connectivity index (χ0) is 16.3. The van der Waals surface area contributed by atoms with Gasteiger partial charge in [-0.1, -0.05) is 19.1 Å². The normalized spacial score (nSPS) is 30.2. The summed E-state index contributed by atoms with van der Waals surface area (Å²) in [5, 5.41) is 3.11. The molecule has 3 N–H and O–H groups in total. The van der Waals surface area contributed by atoms with Crippen LogP contribution in [0.3, 0.4) is 0 Å². The van der Waals surface area contributed by atoms with Crippen LogP contribution in [0, 0.1) is 12.8 Å². The smallest absolute Gasteiger partial charge is 0.193 e. The molecule has 1 unspecified atom stereocenters. The molecule has 3 rings (SSSR count). The molecular weight excluding hydrogens is 417 g/mol. The van der Waals surface area contributed by atoms with Crippen LogP contribution in [0.1, 0.15) is 38.2 Å². The average molecular weight is 445 g/mol. The quantitative estimate of drug-likeness (QED) is 0.424. The van der Waals surface area contributed by atoms with E-state index in [1.807, 2.05) is 31.2 Å². The Kier molecular flexibility index (Phi) is 6.88. The van der Waals surface area contributed by atoms with Crippen LogP contribution in [0.25, 0.3) is 0 Å². The van der Waals surface area contributed by atoms with E-state index in [0.717, 1.165) is 24.4 Å². The Morgan fingerprint density at radius 2 is 2.12 bits per heavy atom. The summed E-state index contributed by atoms with van der Waals surface area (Å²) in [6.07, 6.45) is 4.33. The molecule has 2 aliphatic rings. The number of guanidine groups is 1. The number of rotatable bonds is 3. The third-order valence-corrected chi connectivity index (χ3v) is 4.71. The highest BCUT2D eigenvalue weighted by Crippen LogP contribution is 2.39. The van der Waals surface area contributed by atoms with Gasteiger partial charge in [0.05, 0.1) is 13.2 Å². The molecule has 134 valence electrons. The number of hydrogen-bond acceptors (Lipinski definition) is 3. The molecule has 1 aliphatic heterocycles. The van der Waals surface area contributed by atoms with Gasteiger partial charge >= 0.3 is 0 Å². The number of anilines is 1. The Bertz CT molecular complexity index is 571. The van der Waals surface area contributed by atoms with Crippen molar-refractivity contribution in [1.29, 1.82) is 0 Å². The molecule has 1 saturated heterocycles. The van der Waals surface area contributed by atoms with Gasteiger partial charge in [-0.2, -0.15) is 0 Å². The Balaban J connectivity index is 0.00000208. The number of halogens is 1. The molecule has 1 aliphatic carbocycles. The fraction of sp³-hybridized carbons (Fsp3) is 0.611. The van der Waals surface area contributed by atoms with Gasteiger partial charge < -0.3 is 20.5 Å². The van der Waals surface area contributed by atoms with Crippen molar-refractivity contribution in [2.24, 2.45) is 16.6 Å². The predicted octanol–water partition coefficient (Wildman–Crippen LogP) is 3.66. The molecule has 1 atom stereocenters. The highest BCUT2D eigenvalue weighted by molar-refractivity contribution is 14.0. The van der Waals surface area contributed by atoms with E-state index in [1.165, 1.54) is 18.4 Å². The fourth-order valence-electron chi connectivity index (χ4n) is 3.28. The summed E-state index contributed by atoms with van der Waals surface area (Å²) in [5.74, 6) is 0.835. The SMILES string of the molecule is Cc1cccc(NC(N)=NCC2COC3(CCC(C)CC3)O2)c1.I. The first kappa shape index (κ1) is 19.5. The maximum absolute atomic E-state index is 6.15. The van der Waals surface area contributed by atoms with Crippen LogP contribution < -0.4 is 11.1 Å². The van der Waals surface area contributed by atoms with Crippen molar-refractivity contribution in [3.05, 3.63) is 29.8 Å². The van der Waals surface area contributed by atoms with Crippen molar-refractivity contribution in [3.63, 3.8) is 0 Å².